The molecule has 0 unspecified atom stereocenters. The van der Waals surface area contributed by atoms with Gasteiger partial charge in [0.25, 0.3) is 0 Å². The van der Waals surface area contributed by atoms with Crippen molar-refractivity contribution in [2.45, 2.75) is 13.0 Å². The Bertz CT molecular complexity index is 566. The summed E-state index contributed by atoms with van der Waals surface area (Å²) >= 11 is 0. The summed E-state index contributed by atoms with van der Waals surface area (Å²) in [5.41, 5.74) is 8.14. The lowest BCUT2D eigenvalue weighted by molar-refractivity contribution is 0.306. The summed E-state index contributed by atoms with van der Waals surface area (Å²) in [4.78, 5) is 0. The minimum atomic E-state index is 0.228. The van der Waals surface area contributed by atoms with E-state index < -0.39 is 0 Å². The van der Waals surface area contributed by atoms with Crippen LogP contribution in [0.5, 0.6) is 5.75 Å². The zero-order valence-corrected chi connectivity index (χ0v) is 11.3. The maximum Gasteiger partial charge on any atom is 0.120 e. The van der Waals surface area contributed by atoms with Crippen molar-refractivity contribution >= 4 is 0 Å². The van der Waals surface area contributed by atoms with E-state index in [1.807, 2.05) is 54.6 Å². The van der Waals surface area contributed by atoms with E-state index in [2.05, 4.69) is 0 Å². The van der Waals surface area contributed by atoms with Crippen LogP contribution in [0.3, 0.4) is 0 Å². The average molecular weight is 271 g/mol. The lowest BCUT2D eigenvalue weighted by Crippen LogP contribution is -2.05. The van der Waals surface area contributed by atoms with Crippen LogP contribution in [0.25, 0.3) is 0 Å². The normalized spacial score (nSPS) is 11.4. The van der Waals surface area contributed by atoms with Gasteiger partial charge in [-0.3, -0.25) is 0 Å². The van der Waals surface area contributed by atoms with Crippen LogP contribution in [-0.2, 0) is 13.0 Å². The molecule has 3 heteroatoms. The fourth-order valence-electron chi connectivity index (χ4n) is 1.90. The van der Waals surface area contributed by atoms with Crippen LogP contribution in [0.15, 0.2) is 66.5 Å². The summed E-state index contributed by atoms with van der Waals surface area (Å²) in [6, 6.07) is 17.6. The standard InChI is InChI=1S/C17H18FNO/c18-11-16(12-19)9-15-7-4-8-17(10-15)20-13-14-5-2-1-3-6-14/h1-8,10-11H,9,12-13,19H2/b16-11+. The van der Waals surface area contributed by atoms with Gasteiger partial charge in [-0.2, -0.15) is 0 Å². The SMILES string of the molecule is NC/C(=C/F)Cc1cccc(OCc2ccccc2)c1. The highest BCUT2D eigenvalue weighted by Gasteiger charge is 2.01. The molecule has 2 nitrogen and oxygen atoms in total. The Morgan fingerprint density at radius 3 is 2.50 bits per heavy atom. The molecule has 0 radical (unpaired) electrons. The highest BCUT2D eigenvalue weighted by Crippen LogP contribution is 2.17. The van der Waals surface area contributed by atoms with Crippen LogP contribution in [0.2, 0.25) is 0 Å². The smallest absolute Gasteiger partial charge is 0.120 e. The van der Waals surface area contributed by atoms with Gasteiger partial charge in [-0.15, -0.1) is 0 Å². The van der Waals surface area contributed by atoms with E-state index in [4.69, 9.17) is 10.5 Å². The summed E-state index contributed by atoms with van der Waals surface area (Å²) in [5.74, 6) is 0.779. The minimum Gasteiger partial charge on any atom is -0.489 e. The van der Waals surface area contributed by atoms with Crippen LogP contribution >= 0.6 is 0 Å². The third kappa shape index (κ3) is 4.21. The van der Waals surface area contributed by atoms with Crippen molar-refractivity contribution in [2.75, 3.05) is 6.54 Å². The molecule has 2 N–H and O–H groups in total. The van der Waals surface area contributed by atoms with Crippen molar-refractivity contribution in [1.82, 2.24) is 0 Å². The predicted molar refractivity (Wildman–Crippen MR) is 79.2 cm³/mol. The van der Waals surface area contributed by atoms with E-state index in [0.717, 1.165) is 16.9 Å². The van der Waals surface area contributed by atoms with E-state index in [-0.39, 0.29) is 6.54 Å². The van der Waals surface area contributed by atoms with Gasteiger partial charge in [-0.1, -0.05) is 42.5 Å². The second-order valence-corrected chi connectivity index (χ2v) is 4.57. The van der Waals surface area contributed by atoms with Crippen molar-refractivity contribution in [3.05, 3.63) is 77.6 Å². The Balaban J connectivity index is 1.99. The summed E-state index contributed by atoms with van der Waals surface area (Å²) in [6.45, 7) is 0.749. The average Bonchev–Trinajstić information content (AvgIpc) is 2.52. The lowest BCUT2D eigenvalue weighted by Gasteiger charge is -2.09. The number of rotatable bonds is 6. The van der Waals surface area contributed by atoms with E-state index in [1.54, 1.807) is 0 Å². The van der Waals surface area contributed by atoms with Crippen LogP contribution in [-0.4, -0.2) is 6.54 Å². The summed E-state index contributed by atoms with van der Waals surface area (Å²) in [5, 5.41) is 0. The quantitative estimate of drug-likeness (QED) is 0.871. The van der Waals surface area contributed by atoms with Crippen molar-refractivity contribution in [1.29, 1.82) is 0 Å². The second-order valence-electron chi connectivity index (χ2n) is 4.57. The predicted octanol–water partition coefficient (Wildman–Crippen LogP) is 3.62. The maximum atomic E-state index is 12.5. The van der Waals surface area contributed by atoms with Crippen molar-refractivity contribution < 1.29 is 9.13 Å². The largest absolute Gasteiger partial charge is 0.489 e. The zero-order valence-electron chi connectivity index (χ0n) is 11.3. The Morgan fingerprint density at radius 1 is 1.05 bits per heavy atom. The molecule has 0 saturated carbocycles. The Labute approximate surface area is 118 Å². The Kier molecular flexibility index (Phi) is 5.33. The Hall–Kier alpha value is -2.13. The highest BCUT2D eigenvalue weighted by atomic mass is 19.1. The van der Waals surface area contributed by atoms with Gasteiger partial charge in [0, 0.05) is 6.54 Å². The molecule has 0 aliphatic heterocycles. The zero-order chi connectivity index (χ0) is 14.2. The van der Waals surface area contributed by atoms with Gasteiger partial charge >= 0.3 is 0 Å². The van der Waals surface area contributed by atoms with Crippen molar-refractivity contribution in [2.24, 2.45) is 5.73 Å². The third-order valence-corrected chi connectivity index (χ3v) is 2.99. The van der Waals surface area contributed by atoms with Gasteiger partial charge in [-0.25, -0.2) is 4.39 Å². The van der Waals surface area contributed by atoms with Gasteiger partial charge < -0.3 is 10.5 Å². The molecular weight excluding hydrogens is 253 g/mol. The van der Waals surface area contributed by atoms with Crippen molar-refractivity contribution in [3.8, 4) is 5.75 Å². The molecular formula is C17H18FNO. The first kappa shape index (κ1) is 14.3. The molecule has 0 spiro atoms. The molecule has 0 aliphatic rings. The summed E-state index contributed by atoms with van der Waals surface area (Å²) < 4.78 is 18.3. The van der Waals surface area contributed by atoms with Crippen LogP contribution in [0.1, 0.15) is 11.1 Å². The molecule has 0 amide bonds. The fourth-order valence-corrected chi connectivity index (χ4v) is 1.90. The first-order chi connectivity index (χ1) is 9.81. The first-order valence-corrected chi connectivity index (χ1v) is 6.55. The van der Waals surface area contributed by atoms with E-state index in [1.165, 1.54) is 0 Å². The molecule has 0 aliphatic carbocycles. The van der Waals surface area contributed by atoms with Gasteiger partial charge in [0.05, 0.1) is 6.33 Å². The van der Waals surface area contributed by atoms with Gasteiger partial charge in [0.2, 0.25) is 0 Å². The molecule has 0 heterocycles. The van der Waals surface area contributed by atoms with Gasteiger partial charge in [-0.05, 0) is 35.3 Å². The molecule has 0 bridgehead atoms. The molecule has 0 aromatic heterocycles. The molecule has 20 heavy (non-hydrogen) atoms. The van der Waals surface area contributed by atoms with Gasteiger partial charge in [0.1, 0.15) is 12.4 Å². The number of benzene rings is 2. The molecule has 104 valence electrons. The molecule has 0 fully saturated rings. The maximum absolute atomic E-state index is 12.5. The van der Waals surface area contributed by atoms with Crippen molar-refractivity contribution in [3.63, 3.8) is 0 Å². The minimum absolute atomic E-state index is 0.228. The topological polar surface area (TPSA) is 35.2 Å². The number of ether oxygens (including phenoxy) is 1. The highest BCUT2D eigenvalue weighted by molar-refractivity contribution is 5.31. The molecule has 2 aromatic carbocycles. The number of halogens is 1. The van der Waals surface area contributed by atoms with E-state index in [0.29, 0.717) is 24.9 Å². The molecule has 2 aromatic rings. The monoisotopic (exact) mass is 271 g/mol. The second kappa shape index (κ2) is 7.46. The number of nitrogens with two attached hydrogens (primary N) is 1. The number of hydrogen-bond donors (Lipinski definition) is 1. The molecule has 0 atom stereocenters. The fraction of sp³-hybridized carbons (Fsp3) is 0.176. The van der Waals surface area contributed by atoms with Crippen LogP contribution in [0, 0.1) is 0 Å². The Morgan fingerprint density at radius 2 is 1.80 bits per heavy atom. The molecule has 0 saturated heterocycles. The molecule has 2 rings (SSSR count). The lowest BCUT2D eigenvalue weighted by atomic mass is 10.1. The van der Waals surface area contributed by atoms with Gasteiger partial charge in [0.15, 0.2) is 0 Å². The van der Waals surface area contributed by atoms with Crippen LogP contribution in [0.4, 0.5) is 4.39 Å². The number of hydrogen-bond acceptors (Lipinski definition) is 2. The third-order valence-electron chi connectivity index (χ3n) is 2.99. The summed E-state index contributed by atoms with van der Waals surface area (Å²) in [6.07, 6.45) is 1.09. The van der Waals surface area contributed by atoms with E-state index >= 15 is 0 Å². The first-order valence-electron chi connectivity index (χ1n) is 6.55. The summed E-state index contributed by atoms with van der Waals surface area (Å²) in [7, 11) is 0. The van der Waals surface area contributed by atoms with E-state index in [9.17, 15) is 4.39 Å². The van der Waals surface area contributed by atoms with Crippen LogP contribution < -0.4 is 10.5 Å².